The summed E-state index contributed by atoms with van der Waals surface area (Å²) in [7, 11) is 0.455. The third-order valence-corrected chi connectivity index (χ3v) is 8.91. The van der Waals surface area contributed by atoms with Crippen LogP contribution in [-0.4, -0.2) is 40.5 Å². The molecule has 184 valence electrons. The molecule has 5 rings (SSSR count). The quantitative estimate of drug-likeness (QED) is 0.522. The molecular weight excluding hydrogens is 454 g/mol. The lowest BCUT2D eigenvalue weighted by Gasteiger charge is -2.36. The van der Waals surface area contributed by atoms with Gasteiger partial charge in [0, 0.05) is 45.5 Å². The van der Waals surface area contributed by atoms with Crippen molar-refractivity contribution in [1.82, 2.24) is 9.62 Å². The van der Waals surface area contributed by atoms with Crippen LogP contribution in [-0.2, 0) is 35.8 Å². The van der Waals surface area contributed by atoms with E-state index in [1.807, 2.05) is 26.2 Å². The molecule has 0 saturated carbocycles. The zero-order chi connectivity index (χ0) is 24.4. The van der Waals surface area contributed by atoms with E-state index in [0.717, 1.165) is 50.0 Å². The summed E-state index contributed by atoms with van der Waals surface area (Å²) >= 11 is 0. The van der Waals surface area contributed by atoms with Gasteiger partial charge in [-0.15, -0.1) is 0 Å². The average Bonchev–Trinajstić information content (AvgIpc) is 2.88. The molecule has 0 aromatic heterocycles. The summed E-state index contributed by atoms with van der Waals surface area (Å²) in [6, 6.07) is 22.7. The van der Waals surface area contributed by atoms with Gasteiger partial charge in [0.25, 0.3) is 0 Å². The molecule has 0 radical (unpaired) electrons. The number of aryl methyl sites for hydroxylation is 2. The minimum Gasteiger partial charge on any atom is -0.378 e. The first-order valence-electron chi connectivity index (χ1n) is 12.6. The average molecular weight is 490 g/mol. The highest BCUT2D eigenvalue weighted by Crippen LogP contribution is 2.30. The summed E-state index contributed by atoms with van der Waals surface area (Å²) in [4.78, 5) is 4.86. The molecule has 3 aromatic rings. The largest absolute Gasteiger partial charge is 0.378 e. The van der Waals surface area contributed by atoms with Crippen LogP contribution in [0.15, 0.2) is 71.6 Å². The zero-order valence-corrected chi connectivity index (χ0v) is 21.5. The number of nitrogens with zero attached hydrogens (tertiary/aromatic N) is 2. The molecule has 2 aliphatic rings. The molecule has 0 spiro atoms. The summed E-state index contributed by atoms with van der Waals surface area (Å²) in [5.41, 5.74) is 7.45. The second-order valence-corrected chi connectivity index (χ2v) is 11.7. The van der Waals surface area contributed by atoms with Crippen LogP contribution in [0.1, 0.15) is 46.7 Å². The maximum absolute atomic E-state index is 13.3. The molecule has 5 nitrogen and oxygen atoms in total. The van der Waals surface area contributed by atoms with Crippen LogP contribution in [0, 0.1) is 0 Å². The fourth-order valence-electron chi connectivity index (χ4n) is 5.38. The van der Waals surface area contributed by atoms with Crippen molar-refractivity contribution < 1.29 is 8.42 Å². The third kappa shape index (κ3) is 5.30. The Morgan fingerprint density at radius 2 is 1.54 bits per heavy atom. The van der Waals surface area contributed by atoms with Crippen molar-refractivity contribution in [2.75, 3.05) is 32.1 Å². The van der Waals surface area contributed by atoms with Crippen molar-refractivity contribution in [3.63, 3.8) is 0 Å². The third-order valence-electron chi connectivity index (χ3n) is 7.49. The minimum atomic E-state index is -3.60. The number of anilines is 1. The van der Waals surface area contributed by atoms with Crippen molar-refractivity contribution in [1.29, 1.82) is 0 Å². The van der Waals surface area contributed by atoms with E-state index in [1.54, 1.807) is 6.07 Å². The van der Waals surface area contributed by atoms with Crippen LogP contribution in [0.25, 0.3) is 0 Å². The Morgan fingerprint density at radius 1 is 0.857 bits per heavy atom. The maximum Gasteiger partial charge on any atom is 0.240 e. The van der Waals surface area contributed by atoms with Crippen LogP contribution >= 0.6 is 0 Å². The Morgan fingerprint density at radius 3 is 2.29 bits per heavy atom. The SMILES string of the molecule is CN(C)c1ccc(C(CNS(=O)(=O)c2ccc3c(c2)CCCC3)N2CCc3ccccc3C2)cc1. The molecule has 0 saturated heterocycles. The topological polar surface area (TPSA) is 52.7 Å². The molecule has 1 aliphatic carbocycles. The van der Waals surface area contributed by atoms with Crippen molar-refractivity contribution in [3.8, 4) is 0 Å². The summed E-state index contributed by atoms with van der Waals surface area (Å²) in [5.74, 6) is 0. The lowest BCUT2D eigenvalue weighted by atomic mass is 9.92. The molecule has 1 aliphatic heterocycles. The summed E-state index contributed by atoms with van der Waals surface area (Å²) in [5, 5.41) is 0. The molecule has 0 fully saturated rings. The van der Waals surface area contributed by atoms with E-state index in [9.17, 15) is 8.42 Å². The molecule has 1 N–H and O–H groups in total. The predicted octanol–water partition coefficient (Wildman–Crippen LogP) is 4.71. The number of nitrogens with one attached hydrogen (secondary N) is 1. The highest BCUT2D eigenvalue weighted by molar-refractivity contribution is 7.89. The van der Waals surface area contributed by atoms with Crippen LogP contribution in [0.5, 0.6) is 0 Å². The summed E-state index contributed by atoms with van der Waals surface area (Å²) in [6.07, 6.45) is 5.30. The van der Waals surface area contributed by atoms with Gasteiger partial charge in [0.05, 0.1) is 4.90 Å². The zero-order valence-electron chi connectivity index (χ0n) is 20.7. The fourth-order valence-corrected chi connectivity index (χ4v) is 6.47. The van der Waals surface area contributed by atoms with E-state index < -0.39 is 10.0 Å². The number of fused-ring (bicyclic) bond motifs is 2. The number of hydrogen-bond acceptors (Lipinski definition) is 4. The predicted molar refractivity (Wildman–Crippen MR) is 142 cm³/mol. The van der Waals surface area contributed by atoms with Crippen molar-refractivity contribution in [2.24, 2.45) is 0 Å². The molecule has 0 amide bonds. The highest BCUT2D eigenvalue weighted by Gasteiger charge is 2.27. The molecule has 6 heteroatoms. The number of rotatable bonds is 7. The maximum atomic E-state index is 13.3. The molecule has 1 heterocycles. The van der Waals surface area contributed by atoms with Gasteiger partial charge in [0.15, 0.2) is 0 Å². The second-order valence-electron chi connectivity index (χ2n) is 9.98. The Bertz CT molecular complexity index is 1290. The normalized spacial score (nSPS) is 16.9. The fraction of sp³-hybridized carbons (Fsp3) is 0.379. The Hall–Kier alpha value is -2.67. The lowest BCUT2D eigenvalue weighted by molar-refractivity contribution is 0.180. The molecule has 1 atom stereocenters. The molecule has 1 unspecified atom stereocenters. The van der Waals surface area contributed by atoms with E-state index >= 15 is 0 Å². The van der Waals surface area contributed by atoms with Crippen LogP contribution in [0.4, 0.5) is 5.69 Å². The molecule has 0 bridgehead atoms. The lowest BCUT2D eigenvalue weighted by Crippen LogP contribution is -2.40. The van der Waals surface area contributed by atoms with Gasteiger partial charge in [-0.2, -0.15) is 0 Å². The smallest absolute Gasteiger partial charge is 0.240 e. The van der Waals surface area contributed by atoms with Gasteiger partial charge < -0.3 is 4.90 Å². The minimum absolute atomic E-state index is 0.0491. The number of sulfonamides is 1. The van der Waals surface area contributed by atoms with Crippen molar-refractivity contribution in [2.45, 2.75) is 49.6 Å². The Kier molecular flexibility index (Phi) is 6.96. The highest BCUT2D eigenvalue weighted by atomic mass is 32.2. The van der Waals surface area contributed by atoms with Gasteiger partial charge in [-0.25, -0.2) is 13.1 Å². The number of hydrogen-bond donors (Lipinski definition) is 1. The first-order chi connectivity index (χ1) is 16.9. The van der Waals surface area contributed by atoms with E-state index in [-0.39, 0.29) is 6.04 Å². The molecule has 35 heavy (non-hydrogen) atoms. The van der Waals surface area contributed by atoms with Crippen LogP contribution in [0.3, 0.4) is 0 Å². The Labute approximate surface area is 209 Å². The van der Waals surface area contributed by atoms with Gasteiger partial charge >= 0.3 is 0 Å². The van der Waals surface area contributed by atoms with Gasteiger partial charge in [-0.05, 0) is 84.2 Å². The van der Waals surface area contributed by atoms with Crippen molar-refractivity contribution in [3.05, 3.63) is 94.5 Å². The second kappa shape index (κ2) is 10.1. The van der Waals surface area contributed by atoms with E-state index in [4.69, 9.17) is 0 Å². The van der Waals surface area contributed by atoms with Crippen molar-refractivity contribution >= 4 is 15.7 Å². The molecular formula is C29H35N3O2S. The standard InChI is InChI=1S/C29H35N3O2S/c1-31(2)27-14-11-24(12-15-27)29(32-18-17-23-8-4-6-10-26(23)21-32)20-30-35(33,34)28-16-13-22-7-3-5-9-25(22)19-28/h4,6,8,10-16,19,29-30H,3,5,7,9,17-18,20-21H2,1-2H3. The number of benzene rings is 3. The first-order valence-corrected chi connectivity index (χ1v) is 14.1. The van der Waals surface area contributed by atoms with Crippen LogP contribution < -0.4 is 9.62 Å². The monoisotopic (exact) mass is 489 g/mol. The van der Waals surface area contributed by atoms with E-state index in [0.29, 0.717) is 11.4 Å². The molecule has 3 aromatic carbocycles. The van der Waals surface area contributed by atoms with Gasteiger partial charge in [-0.1, -0.05) is 42.5 Å². The van der Waals surface area contributed by atoms with Gasteiger partial charge in [-0.3, -0.25) is 4.90 Å². The van der Waals surface area contributed by atoms with E-state index in [2.05, 4.69) is 63.1 Å². The Balaban J connectivity index is 1.40. The van der Waals surface area contributed by atoms with E-state index in [1.165, 1.54) is 28.7 Å². The van der Waals surface area contributed by atoms with Crippen LogP contribution in [0.2, 0.25) is 0 Å². The first kappa shape index (κ1) is 24.0. The van der Waals surface area contributed by atoms with Gasteiger partial charge in [0.2, 0.25) is 10.0 Å². The summed E-state index contributed by atoms with van der Waals surface area (Å²) < 4.78 is 29.6. The summed E-state index contributed by atoms with van der Waals surface area (Å²) in [6.45, 7) is 2.05. The van der Waals surface area contributed by atoms with Gasteiger partial charge in [0.1, 0.15) is 0 Å².